The summed E-state index contributed by atoms with van der Waals surface area (Å²) in [5, 5.41) is 2.35. The lowest BCUT2D eigenvalue weighted by Crippen LogP contribution is -2.42. The zero-order chi connectivity index (χ0) is 24.4. The van der Waals surface area contributed by atoms with Gasteiger partial charge in [-0.1, -0.05) is 41.9 Å². The minimum Gasteiger partial charge on any atom is -0.492 e. The van der Waals surface area contributed by atoms with Gasteiger partial charge in [0.15, 0.2) is 0 Å². The van der Waals surface area contributed by atoms with Crippen LogP contribution in [0.4, 0.5) is 0 Å². The molecule has 180 valence electrons. The molecule has 0 saturated heterocycles. The van der Waals surface area contributed by atoms with Crippen LogP contribution in [0.1, 0.15) is 22.9 Å². The van der Waals surface area contributed by atoms with Gasteiger partial charge in [0.25, 0.3) is 5.17 Å². The normalized spacial score (nSPS) is 15.3. The van der Waals surface area contributed by atoms with E-state index in [-0.39, 0.29) is 6.04 Å². The van der Waals surface area contributed by atoms with Crippen LogP contribution in [0.2, 0.25) is 5.02 Å². The van der Waals surface area contributed by atoms with Crippen molar-refractivity contribution in [3.05, 3.63) is 94.6 Å². The van der Waals surface area contributed by atoms with Crippen molar-refractivity contribution in [3.63, 3.8) is 0 Å². The van der Waals surface area contributed by atoms with E-state index in [1.807, 2.05) is 74.8 Å². The Labute approximate surface area is 216 Å². The molecular formula is C28H28ClN3O2S. The van der Waals surface area contributed by atoms with Crippen molar-refractivity contribution in [2.24, 2.45) is 0 Å². The van der Waals surface area contributed by atoms with Gasteiger partial charge >= 0.3 is 0 Å². The fourth-order valence-corrected chi connectivity index (χ4v) is 5.01. The number of ether oxygens (including phenoxy) is 2. The molecule has 1 aliphatic rings. The number of likely N-dealkylation sites (N-methyl/N-ethyl adjacent to an activating group) is 1. The van der Waals surface area contributed by atoms with Crippen molar-refractivity contribution < 1.29 is 9.47 Å². The summed E-state index contributed by atoms with van der Waals surface area (Å²) >= 11 is 12.1. The number of rotatable bonds is 6. The Bertz CT molecular complexity index is 1320. The first-order chi connectivity index (χ1) is 17.0. The number of halogens is 1. The molecule has 1 atom stereocenters. The summed E-state index contributed by atoms with van der Waals surface area (Å²) in [6.45, 7) is 2.25. The van der Waals surface area contributed by atoms with Crippen LogP contribution in [0.3, 0.4) is 0 Å². The van der Waals surface area contributed by atoms with Crippen LogP contribution in [-0.2, 0) is 6.42 Å². The van der Waals surface area contributed by atoms with E-state index in [1.54, 1.807) is 0 Å². The monoisotopic (exact) mass is 505 g/mol. The predicted octanol–water partition coefficient (Wildman–Crippen LogP) is 6.07. The molecule has 1 N–H and O–H groups in total. The smallest absolute Gasteiger partial charge is 0.265 e. The summed E-state index contributed by atoms with van der Waals surface area (Å²) in [5.41, 5.74) is 4.58. The summed E-state index contributed by atoms with van der Waals surface area (Å²) in [6.07, 6.45) is 0.843. The van der Waals surface area contributed by atoms with Crippen LogP contribution < -0.4 is 9.47 Å². The third-order valence-corrected chi connectivity index (χ3v) is 6.83. The number of aromatic amines is 1. The van der Waals surface area contributed by atoms with Crippen molar-refractivity contribution in [3.8, 4) is 11.5 Å². The van der Waals surface area contributed by atoms with E-state index in [9.17, 15) is 0 Å². The second-order valence-corrected chi connectivity index (χ2v) is 9.74. The molecule has 0 aliphatic carbocycles. The first-order valence-corrected chi connectivity index (χ1v) is 12.5. The summed E-state index contributed by atoms with van der Waals surface area (Å²) in [4.78, 5) is 7.91. The fourth-order valence-electron chi connectivity index (χ4n) is 4.54. The van der Waals surface area contributed by atoms with Gasteiger partial charge in [0, 0.05) is 34.7 Å². The maximum absolute atomic E-state index is 6.34. The zero-order valence-corrected chi connectivity index (χ0v) is 21.4. The fraction of sp³-hybridized carbons (Fsp3) is 0.250. The van der Waals surface area contributed by atoms with Gasteiger partial charge in [-0.15, -0.1) is 0 Å². The maximum atomic E-state index is 6.34. The Balaban J connectivity index is 1.49. The van der Waals surface area contributed by atoms with E-state index < -0.39 is 0 Å². The van der Waals surface area contributed by atoms with Crippen molar-refractivity contribution in [1.82, 2.24) is 14.8 Å². The molecule has 0 bridgehead atoms. The molecule has 35 heavy (non-hydrogen) atoms. The van der Waals surface area contributed by atoms with Gasteiger partial charge in [-0.2, -0.15) is 0 Å². The lowest BCUT2D eigenvalue weighted by molar-refractivity contribution is 0.261. The number of hydrogen-bond donors (Lipinski definition) is 1. The highest BCUT2D eigenvalue weighted by Gasteiger charge is 2.34. The minimum absolute atomic E-state index is 0.114. The molecular weight excluding hydrogens is 478 g/mol. The molecule has 0 fully saturated rings. The minimum atomic E-state index is -0.114. The molecule has 0 spiro atoms. The summed E-state index contributed by atoms with van der Waals surface area (Å²) in [5.74, 6) is 1.58. The standard InChI is InChI=1S/C28H28ClN3O2S/c1-31(2)16-17-33-21-11-8-19(9-12-21)27-26-23(24-18-20(29)10-13-25(24)30-26)14-15-32(27)28(35)34-22-6-4-3-5-7-22/h3-13,18,27,30H,14-17H2,1-2H3. The lowest BCUT2D eigenvalue weighted by Gasteiger charge is -2.37. The van der Waals surface area contributed by atoms with Gasteiger partial charge in [-0.05, 0) is 86.3 Å². The van der Waals surface area contributed by atoms with Gasteiger partial charge in [-0.3, -0.25) is 0 Å². The first kappa shape index (κ1) is 23.7. The van der Waals surface area contributed by atoms with E-state index in [2.05, 4.69) is 26.9 Å². The van der Waals surface area contributed by atoms with Gasteiger partial charge in [0.05, 0.1) is 6.04 Å². The molecule has 5 nitrogen and oxygen atoms in total. The lowest BCUT2D eigenvalue weighted by atomic mass is 9.92. The van der Waals surface area contributed by atoms with Crippen LogP contribution in [0.25, 0.3) is 10.9 Å². The Morgan fingerprint density at radius 2 is 1.83 bits per heavy atom. The Hall–Kier alpha value is -3.06. The predicted molar refractivity (Wildman–Crippen MR) is 146 cm³/mol. The molecule has 1 unspecified atom stereocenters. The van der Waals surface area contributed by atoms with Crippen LogP contribution in [0, 0.1) is 0 Å². The van der Waals surface area contributed by atoms with Gasteiger partial charge < -0.3 is 24.3 Å². The number of thiocarbonyl (C=S) groups is 1. The summed E-state index contributed by atoms with van der Waals surface area (Å²) in [6, 6.07) is 23.8. The van der Waals surface area contributed by atoms with E-state index in [1.165, 1.54) is 5.56 Å². The number of nitrogens with one attached hydrogen (secondary N) is 1. The Kier molecular flexibility index (Phi) is 6.95. The van der Waals surface area contributed by atoms with E-state index in [4.69, 9.17) is 33.3 Å². The second-order valence-electron chi connectivity index (χ2n) is 8.95. The summed E-state index contributed by atoms with van der Waals surface area (Å²) in [7, 11) is 4.07. The van der Waals surface area contributed by atoms with Crippen molar-refractivity contribution in [2.45, 2.75) is 12.5 Å². The molecule has 7 heteroatoms. The molecule has 0 radical (unpaired) electrons. The van der Waals surface area contributed by atoms with E-state index >= 15 is 0 Å². The molecule has 5 rings (SSSR count). The average molecular weight is 506 g/mol. The van der Waals surface area contributed by atoms with Gasteiger partial charge in [0.2, 0.25) is 0 Å². The van der Waals surface area contributed by atoms with Gasteiger partial charge in [0.1, 0.15) is 18.1 Å². The molecule has 1 aromatic heterocycles. The van der Waals surface area contributed by atoms with Crippen molar-refractivity contribution >= 4 is 39.9 Å². The maximum Gasteiger partial charge on any atom is 0.265 e. The molecule has 0 saturated carbocycles. The van der Waals surface area contributed by atoms with Gasteiger partial charge in [-0.25, -0.2) is 0 Å². The Morgan fingerprint density at radius 1 is 1.06 bits per heavy atom. The van der Waals surface area contributed by atoms with Crippen molar-refractivity contribution in [1.29, 1.82) is 0 Å². The number of para-hydroxylation sites is 1. The molecule has 1 aliphatic heterocycles. The van der Waals surface area contributed by atoms with Crippen LogP contribution >= 0.6 is 23.8 Å². The third-order valence-electron chi connectivity index (χ3n) is 6.27. The first-order valence-electron chi connectivity index (χ1n) is 11.7. The van der Waals surface area contributed by atoms with E-state index in [0.717, 1.165) is 58.2 Å². The molecule has 4 aromatic rings. The van der Waals surface area contributed by atoms with E-state index in [0.29, 0.717) is 11.8 Å². The SMILES string of the molecule is CN(C)CCOc1ccc(C2c3[nH]c4ccc(Cl)cc4c3CCN2C(=S)Oc2ccccc2)cc1. The summed E-state index contributed by atoms with van der Waals surface area (Å²) < 4.78 is 12.0. The largest absolute Gasteiger partial charge is 0.492 e. The quantitative estimate of drug-likeness (QED) is 0.322. The second kappa shape index (κ2) is 10.3. The molecule has 3 aromatic carbocycles. The number of fused-ring (bicyclic) bond motifs is 3. The zero-order valence-electron chi connectivity index (χ0n) is 19.8. The highest BCUT2D eigenvalue weighted by Crippen LogP contribution is 2.40. The topological polar surface area (TPSA) is 40.7 Å². The third kappa shape index (κ3) is 5.15. The molecule has 2 heterocycles. The number of aromatic nitrogens is 1. The Morgan fingerprint density at radius 3 is 2.57 bits per heavy atom. The van der Waals surface area contributed by atoms with Crippen LogP contribution in [-0.4, -0.2) is 53.8 Å². The highest BCUT2D eigenvalue weighted by molar-refractivity contribution is 7.80. The number of benzene rings is 3. The van der Waals surface area contributed by atoms with Crippen molar-refractivity contribution in [2.75, 3.05) is 33.8 Å². The average Bonchev–Trinajstić information content (AvgIpc) is 3.22. The molecule has 0 amide bonds. The number of hydrogen-bond acceptors (Lipinski definition) is 4. The number of H-pyrrole nitrogens is 1. The highest BCUT2D eigenvalue weighted by atomic mass is 35.5. The van der Waals surface area contributed by atoms with Crippen LogP contribution in [0.15, 0.2) is 72.8 Å². The van der Waals surface area contributed by atoms with Crippen LogP contribution in [0.5, 0.6) is 11.5 Å². The number of nitrogens with zero attached hydrogens (tertiary/aromatic N) is 2.